The van der Waals surface area contributed by atoms with E-state index in [0.29, 0.717) is 11.6 Å². The van der Waals surface area contributed by atoms with E-state index in [4.69, 9.17) is 4.74 Å². The maximum Gasteiger partial charge on any atom is 0.204 e. The van der Waals surface area contributed by atoms with Crippen molar-refractivity contribution in [1.82, 2.24) is 19.5 Å². The number of anilines is 2. The number of methoxy groups -OCH3 is 1. The molecule has 0 amide bonds. The molecule has 0 unspecified atom stereocenters. The van der Waals surface area contributed by atoms with Crippen molar-refractivity contribution in [3.8, 4) is 5.75 Å². The van der Waals surface area contributed by atoms with E-state index in [2.05, 4.69) is 30.2 Å². The van der Waals surface area contributed by atoms with Gasteiger partial charge in [-0.2, -0.15) is 0 Å². The molecule has 2 rings (SSSR count). The Balaban J connectivity index is 1.79. The minimum Gasteiger partial charge on any atom is -0.490 e. The van der Waals surface area contributed by atoms with Crippen LogP contribution in [0.5, 0.6) is 5.75 Å². The van der Waals surface area contributed by atoms with Crippen LogP contribution in [-0.2, 0) is 6.54 Å². The van der Waals surface area contributed by atoms with Gasteiger partial charge in [0.15, 0.2) is 11.6 Å². The van der Waals surface area contributed by atoms with Gasteiger partial charge in [-0.3, -0.25) is 0 Å². The molecule has 0 fully saturated rings. The highest BCUT2D eigenvalue weighted by atomic mass is 16.5. The summed E-state index contributed by atoms with van der Waals surface area (Å²) in [6.07, 6.45) is 9.24. The lowest BCUT2D eigenvalue weighted by atomic mass is 10.3. The Bertz CT molecular complexity index is 514. The summed E-state index contributed by atoms with van der Waals surface area (Å²) in [5.41, 5.74) is 0. The smallest absolute Gasteiger partial charge is 0.204 e. The lowest BCUT2D eigenvalue weighted by Crippen LogP contribution is -2.08. The number of nitrogens with one attached hydrogen (secondary N) is 2. The summed E-state index contributed by atoms with van der Waals surface area (Å²) in [5, 5.41) is 6.26. The Labute approximate surface area is 118 Å². The maximum absolute atomic E-state index is 5.32. The standard InChI is InChI=1S/C13H20N6O/c1-14-12-11(20-2)13(18-9-17-12)16-5-3-4-7-19-8-6-15-10-19/h6,8-10H,3-5,7H2,1-2H3,(H2,14,16,17,18). The van der Waals surface area contributed by atoms with E-state index in [1.54, 1.807) is 20.4 Å². The largest absolute Gasteiger partial charge is 0.490 e. The van der Waals surface area contributed by atoms with Gasteiger partial charge in [0.05, 0.1) is 13.4 Å². The monoisotopic (exact) mass is 276 g/mol. The molecule has 0 spiro atoms. The van der Waals surface area contributed by atoms with E-state index >= 15 is 0 Å². The van der Waals surface area contributed by atoms with E-state index in [9.17, 15) is 0 Å². The molecule has 0 saturated carbocycles. The highest BCUT2D eigenvalue weighted by Gasteiger charge is 2.09. The third kappa shape index (κ3) is 3.59. The van der Waals surface area contributed by atoms with Crippen LogP contribution in [0.1, 0.15) is 12.8 Å². The van der Waals surface area contributed by atoms with Crippen LogP contribution in [0.15, 0.2) is 25.0 Å². The van der Waals surface area contributed by atoms with Crippen LogP contribution < -0.4 is 15.4 Å². The quantitative estimate of drug-likeness (QED) is 0.713. The van der Waals surface area contributed by atoms with E-state index < -0.39 is 0 Å². The van der Waals surface area contributed by atoms with Crippen molar-refractivity contribution >= 4 is 11.6 Å². The highest BCUT2D eigenvalue weighted by Crippen LogP contribution is 2.28. The molecule has 2 heterocycles. The van der Waals surface area contributed by atoms with Crippen molar-refractivity contribution in [2.24, 2.45) is 0 Å². The van der Waals surface area contributed by atoms with E-state index in [-0.39, 0.29) is 0 Å². The molecule has 108 valence electrons. The predicted octanol–water partition coefficient (Wildman–Crippen LogP) is 1.62. The summed E-state index contributed by atoms with van der Waals surface area (Å²) < 4.78 is 7.39. The average molecular weight is 276 g/mol. The molecule has 0 aliphatic carbocycles. The van der Waals surface area contributed by atoms with Gasteiger partial charge in [0.25, 0.3) is 0 Å². The third-order valence-corrected chi connectivity index (χ3v) is 2.94. The molecule has 7 nitrogen and oxygen atoms in total. The summed E-state index contributed by atoms with van der Waals surface area (Å²) in [7, 11) is 3.42. The number of ether oxygens (including phenoxy) is 1. The zero-order valence-electron chi connectivity index (χ0n) is 11.8. The number of nitrogens with zero attached hydrogens (tertiary/aromatic N) is 4. The fraction of sp³-hybridized carbons (Fsp3) is 0.462. The molecule has 0 aromatic carbocycles. The van der Waals surface area contributed by atoms with E-state index in [0.717, 1.165) is 31.7 Å². The van der Waals surface area contributed by atoms with Gasteiger partial charge < -0.3 is 19.9 Å². The molecule has 0 bridgehead atoms. The number of aryl methyl sites for hydroxylation is 1. The van der Waals surface area contributed by atoms with Crippen molar-refractivity contribution in [3.05, 3.63) is 25.0 Å². The zero-order valence-corrected chi connectivity index (χ0v) is 11.8. The minimum atomic E-state index is 0.643. The first kappa shape index (κ1) is 14.1. The van der Waals surface area contributed by atoms with Crippen LogP contribution in [0.4, 0.5) is 11.6 Å². The van der Waals surface area contributed by atoms with Crippen LogP contribution in [0.3, 0.4) is 0 Å². The summed E-state index contributed by atoms with van der Waals surface area (Å²) in [4.78, 5) is 12.3. The van der Waals surface area contributed by atoms with Gasteiger partial charge >= 0.3 is 0 Å². The second-order valence-electron chi connectivity index (χ2n) is 4.29. The number of unbranched alkanes of at least 4 members (excludes halogenated alkanes) is 1. The summed E-state index contributed by atoms with van der Waals surface area (Å²) >= 11 is 0. The van der Waals surface area contributed by atoms with Crippen molar-refractivity contribution < 1.29 is 4.74 Å². The number of hydrogen-bond donors (Lipinski definition) is 2. The molecule has 0 atom stereocenters. The molecule has 0 saturated heterocycles. The molecule has 7 heteroatoms. The third-order valence-electron chi connectivity index (χ3n) is 2.94. The van der Waals surface area contributed by atoms with Gasteiger partial charge in [-0.15, -0.1) is 0 Å². The maximum atomic E-state index is 5.32. The second kappa shape index (κ2) is 7.32. The first-order valence-electron chi connectivity index (χ1n) is 6.61. The summed E-state index contributed by atoms with van der Waals surface area (Å²) in [6.45, 7) is 1.82. The average Bonchev–Trinajstić information content (AvgIpc) is 2.99. The Kier molecular flexibility index (Phi) is 5.16. The van der Waals surface area contributed by atoms with Crippen LogP contribution in [0.25, 0.3) is 0 Å². The lowest BCUT2D eigenvalue weighted by Gasteiger charge is -2.12. The van der Waals surface area contributed by atoms with Gasteiger partial charge in [-0.05, 0) is 12.8 Å². The first-order valence-corrected chi connectivity index (χ1v) is 6.61. The minimum absolute atomic E-state index is 0.643. The molecule has 2 aromatic heterocycles. The lowest BCUT2D eigenvalue weighted by molar-refractivity contribution is 0.415. The van der Waals surface area contributed by atoms with Gasteiger partial charge in [-0.1, -0.05) is 0 Å². The Morgan fingerprint density at radius 3 is 2.80 bits per heavy atom. The van der Waals surface area contributed by atoms with Crippen LogP contribution >= 0.6 is 0 Å². The summed E-state index contributed by atoms with van der Waals surface area (Å²) in [6, 6.07) is 0. The van der Waals surface area contributed by atoms with Crippen molar-refractivity contribution in [2.75, 3.05) is 31.3 Å². The normalized spacial score (nSPS) is 10.3. The zero-order chi connectivity index (χ0) is 14.2. The fourth-order valence-corrected chi connectivity index (χ4v) is 1.92. The Morgan fingerprint density at radius 1 is 1.25 bits per heavy atom. The summed E-state index contributed by atoms with van der Waals surface area (Å²) in [5.74, 6) is 2.04. The molecule has 0 aliphatic rings. The van der Waals surface area contributed by atoms with Gasteiger partial charge in [0.1, 0.15) is 6.33 Å². The molecular formula is C13H20N6O. The van der Waals surface area contributed by atoms with Crippen LogP contribution in [0, 0.1) is 0 Å². The Morgan fingerprint density at radius 2 is 2.10 bits per heavy atom. The van der Waals surface area contributed by atoms with Gasteiger partial charge in [0.2, 0.25) is 5.75 Å². The SMILES string of the molecule is CNc1ncnc(NCCCCn2ccnc2)c1OC. The fourth-order valence-electron chi connectivity index (χ4n) is 1.92. The van der Waals surface area contributed by atoms with Crippen molar-refractivity contribution in [1.29, 1.82) is 0 Å². The molecule has 2 N–H and O–H groups in total. The second-order valence-corrected chi connectivity index (χ2v) is 4.29. The van der Waals surface area contributed by atoms with Crippen LogP contribution in [0.2, 0.25) is 0 Å². The number of imidazole rings is 1. The van der Waals surface area contributed by atoms with Crippen molar-refractivity contribution in [2.45, 2.75) is 19.4 Å². The molecule has 20 heavy (non-hydrogen) atoms. The number of aromatic nitrogens is 4. The molecule has 2 aromatic rings. The predicted molar refractivity (Wildman–Crippen MR) is 78.1 cm³/mol. The number of rotatable bonds is 8. The number of hydrogen-bond acceptors (Lipinski definition) is 6. The Hall–Kier alpha value is -2.31. The van der Waals surface area contributed by atoms with Crippen molar-refractivity contribution in [3.63, 3.8) is 0 Å². The van der Waals surface area contributed by atoms with E-state index in [1.807, 2.05) is 12.5 Å². The topological polar surface area (TPSA) is 76.9 Å². The highest BCUT2D eigenvalue weighted by molar-refractivity contribution is 5.63. The first-order chi connectivity index (χ1) is 9.85. The van der Waals surface area contributed by atoms with Crippen LogP contribution in [-0.4, -0.2) is 40.2 Å². The molecule has 0 aliphatic heterocycles. The molecular weight excluding hydrogens is 256 g/mol. The van der Waals surface area contributed by atoms with Gasteiger partial charge in [-0.25, -0.2) is 15.0 Å². The van der Waals surface area contributed by atoms with E-state index in [1.165, 1.54) is 6.33 Å². The molecule has 0 radical (unpaired) electrons. The van der Waals surface area contributed by atoms with Gasteiger partial charge in [0, 0.05) is 32.5 Å².